The van der Waals surface area contributed by atoms with E-state index in [-0.39, 0.29) is 12.1 Å². The maximum Gasteiger partial charge on any atom is 0.410 e. The minimum absolute atomic E-state index is 0.205. The molecule has 1 amide bonds. The Morgan fingerprint density at radius 3 is 2.56 bits per heavy atom. The van der Waals surface area contributed by atoms with E-state index in [1.165, 1.54) is 0 Å². The fourth-order valence-corrected chi connectivity index (χ4v) is 2.25. The van der Waals surface area contributed by atoms with E-state index in [9.17, 15) is 4.79 Å². The predicted octanol–water partition coefficient (Wildman–Crippen LogP) is 0.739. The van der Waals surface area contributed by atoms with E-state index in [1.807, 2.05) is 27.7 Å². The molecule has 1 fully saturated rings. The fraction of sp³-hybridized carbons (Fsp3) is 0.882. The van der Waals surface area contributed by atoms with Crippen LogP contribution in [0.2, 0.25) is 0 Å². The first-order valence-corrected chi connectivity index (χ1v) is 8.95. The summed E-state index contributed by atoms with van der Waals surface area (Å²) >= 11 is 0. The van der Waals surface area contributed by atoms with Gasteiger partial charge in [-0.3, -0.25) is 4.99 Å². The molecule has 2 N–H and O–H groups in total. The zero-order valence-corrected chi connectivity index (χ0v) is 16.6. The standard InChI is InChI=1S/C17H35N5O3/c1-7-18-15(19-8-9-21(5)10-11-24-6)20-14-12-22(13-14)16(23)25-17(2,3)4/h14H,7-13H2,1-6H3,(H2,18,19,20). The molecular formula is C17H35N5O3. The molecule has 1 aliphatic rings. The van der Waals surface area contributed by atoms with E-state index in [0.29, 0.717) is 19.6 Å². The van der Waals surface area contributed by atoms with Gasteiger partial charge in [0.2, 0.25) is 0 Å². The highest BCUT2D eigenvalue weighted by Crippen LogP contribution is 2.15. The summed E-state index contributed by atoms with van der Waals surface area (Å²) < 4.78 is 10.4. The van der Waals surface area contributed by atoms with Crippen LogP contribution in [0, 0.1) is 0 Å². The molecule has 0 aromatic carbocycles. The van der Waals surface area contributed by atoms with Crippen molar-refractivity contribution in [3.63, 3.8) is 0 Å². The van der Waals surface area contributed by atoms with Gasteiger partial charge < -0.3 is 29.9 Å². The number of likely N-dealkylation sites (N-methyl/N-ethyl adjacent to an activating group) is 1. The topological polar surface area (TPSA) is 78.4 Å². The minimum Gasteiger partial charge on any atom is -0.444 e. The van der Waals surface area contributed by atoms with E-state index in [1.54, 1.807) is 12.0 Å². The number of amides is 1. The van der Waals surface area contributed by atoms with Gasteiger partial charge in [0.25, 0.3) is 0 Å². The summed E-state index contributed by atoms with van der Waals surface area (Å²) in [5.41, 5.74) is -0.458. The molecule has 1 heterocycles. The lowest BCUT2D eigenvalue weighted by molar-refractivity contribution is 0.00700. The van der Waals surface area contributed by atoms with Crippen molar-refractivity contribution in [2.75, 3.05) is 60.0 Å². The molecule has 8 nitrogen and oxygen atoms in total. The molecule has 0 radical (unpaired) electrons. The SMILES string of the molecule is CCNC(=NCCN(C)CCOC)NC1CN(C(=O)OC(C)(C)C)C1. The van der Waals surface area contributed by atoms with Gasteiger partial charge >= 0.3 is 6.09 Å². The highest BCUT2D eigenvalue weighted by molar-refractivity contribution is 5.80. The number of guanidine groups is 1. The Kier molecular flexibility index (Phi) is 8.99. The molecule has 0 aromatic rings. The van der Waals surface area contributed by atoms with Gasteiger partial charge in [-0.1, -0.05) is 0 Å². The van der Waals surface area contributed by atoms with Crippen molar-refractivity contribution in [1.29, 1.82) is 0 Å². The first-order chi connectivity index (χ1) is 11.7. The quantitative estimate of drug-likeness (QED) is 0.493. The first kappa shape index (κ1) is 21.5. The van der Waals surface area contributed by atoms with Crippen molar-refractivity contribution in [1.82, 2.24) is 20.4 Å². The lowest BCUT2D eigenvalue weighted by Crippen LogP contribution is -2.63. The Balaban J connectivity index is 2.34. The van der Waals surface area contributed by atoms with Crippen LogP contribution < -0.4 is 10.6 Å². The molecule has 1 rings (SSSR count). The Hall–Kier alpha value is -1.54. The third kappa shape index (κ3) is 8.92. The maximum atomic E-state index is 11.9. The van der Waals surface area contributed by atoms with E-state index in [2.05, 4.69) is 27.6 Å². The van der Waals surface area contributed by atoms with Crippen molar-refractivity contribution >= 4 is 12.1 Å². The maximum absolute atomic E-state index is 11.9. The molecule has 8 heteroatoms. The van der Waals surface area contributed by atoms with Crippen LogP contribution in [0.15, 0.2) is 4.99 Å². The Labute approximate surface area is 151 Å². The highest BCUT2D eigenvalue weighted by atomic mass is 16.6. The van der Waals surface area contributed by atoms with Crippen LogP contribution in [0.3, 0.4) is 0 Å². The van der Waals surface area contributed by atoms with Gasteiger partial charge in [0.1, 0.15) is 5.60 Å². The van der Waals surface area contributed by atoms with Gasteiger partial charge in [0.05, 0.1) is 19.2 Å². The molecule has 0 unspecified atom stereocenters. The van der Waals surface area contributed by atoms with Crippen LogP contribution in [0.5, 0.6) is 0 Å². The van der Waals surface area contributed by atoms with Gasteiger partial charge in [-0.2, -0.15) is 0 Å². The summed E-state index contributed by atoms with van der Waals surface area (Å²) in [7, 11) is 3.76. The van der Waals surface area contributed by atoms with E-state index >= 15 is 0 Å². The molecule has 0 aliphatic carbocycles. The van der Waals surface area contributed by atoms with Crippen molar-refractivity contribution in [3.8, 4) is 0 Å². The third-order valence-corrected chi connectivity index (χ3v) is 3.65. The number of carbonyl (C=O) groups excluding carboxylic acids is 1. The largest absolute Gasteiger partial charge is 0.444 e. The molecule has 0 aromatic heterocycles. The minimum atomic E-state index is -0.458. The highest BCUT2D eigenvalue weighted by Gasteiger charge is 2.34. The number of aliphatic imine (C=N–C) groups is 1. The second-order valence-electron chi connectivity index (χ2n) is 7.28. The molecule has 0 bridgehead atoms. The number of ether oxygens (including phenoxy) is 2. The number of hydrogen-bond donors (Lipinski definition) is 2. The van der Waals surface area contributed by atoms with E-state index in [4.69, 9.17) is 9.47 Å². The lowest BCUT2D eigenvalue weighted by atomic mass is 10.1. The third-order valence-electron chi connectivity index (χ3n) is 3.65. The average Bonchev–Trinajstić information content (AvgIpc) is 2.46. The monoisotopic (exact) mass is 357 g/mol. The van der Waals surface area contributed by atoms with E-state index < -0.39 is 5.60 Å². The van der Waals surface area contributed by atoms with E-state index in [0.717, 1.165) is 32.2 Å². The molecular weight excluding hydrogens is 322 g/mol. The lowest BCUT2D eigenvalue weighted by Gasteiger charge is -2.40. The molecule has 0 spiro atoms. The Bertz CT molecular complexity index is 430. The molecule has 146 valence electrons. The van der Waals surface area contributed by atoms with Crippen molar-refractivity contribution in [2.24, 2.45) is 4.99 Å². The zero-order valence-electron chi connectivity index (χ0n) is 16.6. The zero-order chi connectivity index (χ0) is 18.9. The van der Waals surface area contributed by atoms with Crippen LogP contribution in [0.4, 0.5) is 4.79 Å². The molecule has 1 saturated heterocycles. The number of nitrogens with zero attached hydrogens (tertiary/aromatic N) is 3. The van der Waals surface area contributed by atoms with Crippen LogP contribution in [0.1, 0.15) is 27.7 Å². The molecule has 25 heavy (non-hydrogen) atoms. The summed E-state index contributed by atoms with van der Waals surface area (Å²) in [6.45, 7) is 12.9. The molecule has 0 saturated carbocycles. The Morgan fingerprint density at radius 1 is 1.32 bits per heavy atom. The van der Waals surface area contributed by atoms with Gasteiger partial charge in [0, 0.05) is 39.8 Å². The Morgan fingerprint density at radius 2 is 2.00 bits per heavy atom. The predicted molar refractivity (Wildman–Crippen MR) is 100 cm³/mol. The van der Waals surface area contributed by atoms with Crippen LogP contribution in [0.25, 0.3) is 0 Å². The summed E-state index contributed by atoms with van der Waals surface area (Å²) in [4.78, 5) is 20.4. The van der Waals surface area contributed by atoms with Gasteiger partial charge in [0.15, 0.2) is 5.96 Å². The first-order valence-electron chi connectivity index (χ1n) is 8.95. The van der Waals surface area contributed by atoms with Crippen LogP contribution in [-0.2, 0) is 9.47 Å². The normalized spacial score (nSPS) is 16.0. The van der Waals surface area contributed by atoms with Crippen LogP contribution >= 0.6 is 0 Å². The van der Waals surface area contributed by atoms with Crippen LogP contribution in [-0.4, -0.2) is 93.5 Å². The molecule has 0 atom stereocenters. The van der Waals surface area contributed by atoms with Crippen molar-refractivity contribution < 1.29 is 14.3 Å². The fourth-order valence-electron chi connectivity index (χ4n) is 2.25. The van der Waals surface area contributed by atoms with Gasteiger partial charge in [-0.15, -0.1) is 0 Å². The second kappa shape index (κ2) is 10.5. The smallest absolute Gasteiger partial charge is 0.410 e. The van der Waals surface area contributed by atoms with Gasteiger partial charge in [-0.05, 0) is 34.7 Å². The average molecular weight is 357 g/mol. The molecule has 1 aliphatic heterocycles. The summed E-state index contributed by atoms with van der Waals surface area (Å²) in [5.74, 6) is 0.788. The number of rotatable bonds is 8. The number of likely N-dealkylation sites (tertiary alicyclic amines) is 1. The number of methoxy groups -OCH3 is 1. The number of hydrogen-bond acceptors (Lipinski definition) is 5. The summed E-state index contributed by atoms with van der Waals surface area (Å²) in [5, 5.41) is 6.61. The van der Waals surface area contributed by atoms with Gasteiger partial charge in [-0.25, -0.2) is 4.79 Å². The summed E-state index contributed by atoms with van der Waals surface area (Å²) in [6.07, 6.45) is -0.257. The number of carbonyl (C=O) groups is 1. The van der Waals surface area contributed by atoms with Crippen molar-refractivity contribution in [3.05, 3.63) is 0 Å². The second-order valence-corrected chi connectivity index (χ2v) is 7.28. The van der Waals surface area contributed by atoms with Crippen molar-refractivity contribution in [2.45, 2.75) is 39.3 Å². The summed E-state index contributed by atoms with van der Waals surface area (Å²) in [6, 6.07) is 0.205. The number of nitrogens with one attached hydrogen (secondary N) is 2.